The first kappa shape index (κ1) is 12.9. The SMILES string of the molecule is O=C(NC(=O)C(F)(F)F)Nc1cccc(F)c1. The van der Waals surface area contributed by atoms with E-state index in [1.54, 1.807) is 0 Å². The molecule has 0 aliphatic heterocycles. The fourth-order valence-corrected chi connectivity index (χ4v) is 0.903. The Kier molecular flexibility index (Phi) is 3.66. The third-order valence-corrected chi connectivity index (χ3v) is 1.57. The highest BCUT2D eigenvalue weighted by Gasteiger charge is 2.39. The zero-order chi connectivity index (χ0) is 13.1. The van der Waals surface area contributed by atoms with Crippen LogP contribution in [0.2, 0.25) is 0 Å². The number of rotatable bonds is 1. The van der Waals surface area contributed by atoms with Gasteiger partial charge in [-0.15, -0.1) is 0 Å². The molecule has 1 aromatic carbocycles. The van der Waals surface area contributed by atoms with Crippen molar-refractivity contribution in [2.24, 2.45) is 0 Å². The zero-order valence-electron chi connectivity index (χ0n) is 8.14. The minimum absolute atomic E-state index is 0.0718. The number of urea groups is 1. The number of carbonyl (C=O) groups is 2. The van der Waals surface area contributed by atoms with Crippen LogP contribution < -0.4 is 10.6 Å². The van der Waals surface area contributed by atoms with Crippen LogP contribution in [0, 0.1) is 5.82 Å². The van der Waals surface area contributed by atoms with E-state index >= 15 is 0 Å². The van der Waals surface area contributed by atoms with Crippen LogP contribution in [0.5, 0.6) is 0 Å². The summed E-state index contributed by atoms with van der Waals surface area (Å²) in [6.45, 7) is 0. The van der Waals surface area contributed by atoms with Crippen molar-refractivity contribution >= 4 is 17.6 Å². The molecule has 0 aliphatic carbocycles. The Morgan fingerprint density at radius 2 is 1.82 bits per heavy atom. The molecule has 0 heterocycles. The Balaban J connectivity index is 2.59. The van der Waals surface area contributed by atoms with Crippen LogP contribution in [0.15, 0.2) is 24.3 Å². The smallest absolute Gasteiger partial charge is 0.308 e. The van der Waals surface area contributed by atoms with Crippen LogP contribution in [0.4, 0.5) is 28.0 Å². The first-order valence-corrected chi connectivity index (χ1v) is 4.24. The van der Waals surface area contributed by atoms with Crippen LogP contribution in [-0.4, -0.2) is 18.1 Å². The van der Waals surface area contributed by atoms with Crippen molar-refractivity contribution in [1.29, 1.82) is 0 Å². The quantitative estimate of drug-likeness (QED) is 0.749. The normalized spacial score (nSPS) is 10.8. The van der Waals surface area contributed by atoms with Crippen molar-refractivity contribution in [2.45, 2.75) is 6.18 Å². The molecule has 3 amide bonds. The van der Waals surface area contributed by atoms with Crippen molar-refractivity contribution in [3.63, 3.8) is 0 Å². The number of benzene rings is 1. The predicted octanol–water partition coefficient (Wildman–Crippen LogP) is 2.04. The van der Waals surface area contributed by atoms with Gasteiger partial charge in [-0.05, 0) is 18.2 Å². The summed E-state index contributed by atoms with van der Waals surface area (Å²) >= 11 is 0. The third kappa shape index (κ3) is 4.09. The minimum Gasteiger partial charge on any atom is -0.308 e. The van der Waals surface area contributed by atoms with Gasteiger partial charge in [-0.1, -0.05) is 6.07 Å². The van der Waals surface area contributed by atoms with E-state index < -0.39 is 23.9 Å². The highest BCUT2D eigenvalue weighted by Crippen LogP contribution is 2.14. The summed E-state index contributed by atoms with van der Waals surface area (Å²) < 4.78 is 47.9. The number of nitrogens with one attached hydrogen (secondary N) is 2. The van der Waals surface area contributed by atoms with E-state index in [2.05, 4.69) is 0 Å². The second-order valence-corrected chi connectivity index (χ2v) is 2.92. The first-order chi connectivity index (χ1) is 7.79. The average Bonchev–Trinajstić information content (AvgIpc) is 2.15. The largest absolute Gasteiger partial charge is 0.471 e. The lowest BCUT2D eigenvalue weighted by Crippen LogP contribution is -2.42. The van der Waals surface area contributed by atoms with E-state index in [0.29, 0.717) is 0 Å². The van der Waals surface area contributed by atoms with Crippen molar-refractivity contribution in [1.82, 2.24) is 5.32 Å². The molecular formula is C9H6F4N2O2. The lowest BCUT2D eigenvalue weighted by atomic mass is 10.3. The topological polar surface area (TPSA) is 58.2 Å². The standard InChI is InChI=1S/C9H6F4N2O2/c10-5-2-1-3-6(4-5)14-8(17)15-7(16)9(11,12)13/h1-4H,(H2,14,15,16,17). The summed E-state index contributed by atoms with van der Waals surface area (Å²) in [6.07, 6.45) is -5.15. The first-order valence-electron chi connectivity index (χ1n) is 4.24. The van der Waals surface area contributed by atoms with E-state index in [1.165, 1.54) is 12.1 Å². The summed E-state index contributed by atoms with van der Waals surface area (Å²) in [7, 11) is 0. The molecule has 2 N–H and O–H groups in total. The van der Waals surface area contributed by atoms with Crippen molar-refractivity contribution in [2.75, 3.05) is 5.32 Å². The molecule has 0 atom stereocenters. The minimum atomic E-state index is -5.15. The van der Waals surface area contributed by atoms with Gasteiger partial charge in [0.15, 0.2) is 0 Å². The molecule has 0 unspecified atom stereocenters. The number of amides is 3. The summed E-state index contributed by atoms with van der Waals surface area (Å²) in [6, 6.07) is 3.08. The van der Waals surface area contributed by atoms with Crippen LogP contribution in [0.1, 0.15) is 0 Å². The lowest BCUT2D eigenvalue weighted by Gasteiger charge is -2.08. The Labute approximate surface area is 92.6 Å². The van der Waals surface area contributed by atoms with E-state index in [-0.39, 0.29) is 5.69 Å². The number of alkyl halides is 3. The van der Waals surface area contributed by atoms with Gasteiger partial charge in [-0.2, -0.15) is 13.2 Å². The molecule has 1 aromatic rings. The van der Waals surface area contributed by atoms with Gasteiger partial charge in [0.25, 0.3) is 0 Å². The lowest BCUT2D eigenvalue weighted by molar-refractivity contribution is -0.172. The molecule has 4 nitrogen and oxygen atoms in total. The maximum Gasteiger partial charge on any atom is 0.471 e. The van der Waals surface area contributed by atoms with Gasteiger partial charge in [0, 0.05) is 5.69 Å². The van der Waals surface area contributed by atoms with Crippen molar-refractivity contribution in [3.05, 3.63) is 30.1 Å². The maximum atomic E-state index is 12.7. The molecule has 0 fully saturated rings. The maximum absolute atomic E-state index is 12.7. The predicted molar refractivity (Wildman–Crippen MR) is 49.6 cm³/mol. The van der Waals surface area contributed by atoms with Gasteiger partial charge in [-0.25, -0.2) is 9.18 Å². The van der Waals surface area contributed by atoms with Gasteiger partial charge < -0.3 is 5.32 Å². The zero-order valence-corrected chi connectivity index (χ0v) is 8.14. The second-order valence-electron chi connectivity index (χ2n) is 2.92. The molecule has 0 saturated carbocycles. The fourth-order valence-electron chi connectivity index (χ4n) is 0.903. The monoisotopic (exact) mass is 250 g/mol. The molecule has 0 bridgehead atoms. The average molecular weight is 250 g/mol. The number of carbonyl (C=O) groups excluding carboxylic acids is 2. The summed E-state index contributed by atoms with van der Waals surface area (Å²) in [5, 5.41) is 2.93. The number of hydrogen-bond donors (Lipinski definition) is 2. The number of hydrogen-bond acceptors (Lipinski definition) is 2. The Bertz CT molecular complexity index is 445. The Morgan fingerprint density at radius 3 is 2.35 bits per heavy atom. The third-order valence-electron chi connectivity index (χ3n) is 1.57. The van der Waals surface area contributed by atoms with Gasteiger partial charge in [0.05, 0.1) is 0 Å². The number of halogens is 4. The van der Waals surface area contributed by atoms with Gasteiger partial charge in [0.1, 0.15) is 5.82 Å². The second kappa shape index (κ2) is 4.81. The molecule has 1 rings (SSSR count). The molecule has 0 spiro atoms. The molecule has 17 heavy (non-hydrogen) atoms. The van der Waals surface area contributed by atoms with Gasteiger partial charge in [-0.3, -0.25) is 10.1 Å². The fraction of sp³-hybridized carbons (Fsp3) is 0.111. The summed E-state index contributed by atoms with van der Waals surface area (Å²) in [4.78, 5) is 21.3. The summed E-state index contributed by atoms with van der Waals surface area (Å²) in [5.74, 6) is -3.07. The van der Waals surface area contributed by atoms with E-state index in [1.807, 2.05) is 5.32 Å². The van der Waals surface area contributed by atoms with Crippen molar-refractivity contribution < 1.29 is 27.2 Å². The molecule has 92 valence electrons. The molecular weight excluding hydrogens is 244 g/mol. The molecule has 0 aliphatic rings. The van der Waals surface area contributed by atoms with Crippen LogP contribution in [0.25, 0.3) is 0 Å². The highest BCUT2D eigenvalue weighted by atomic mass is 19.4. The van der Waals surface area contributed by atoms with Crippen molar-refractivity contribution in [3.8, 4) is 0 Å². The van der Waals surface area contributed by atoms with E-state index in [9.17, 15) is 27.2 Å². The summed E-state index contributed by atoms with van der Waals surface area (Å²) in [5.41, 5.74) is -0.0718. The molecule has 8 heteroatoms. The van der Waals surface area contributed by atoms with Gasteiger partial charge >= 0.3 is 18.1 Å². The van der Waals surface area contributed by atoms with Crippen LogP contribution in [-0.2, 0) is 4.79 Å². The van der Waals surface area contributed by atoms with Crippen LogP contribution in [0.3, 0.4) is 0 Å². The molecule has 0 saturated heterocycles. The highest BCUT2D eigenvalue weighted by molar-refractivity contribution is 6.02. The number of imide groups is 1. The van der Waals surface area contributed by atoms with E-state index in [0.717, 1.165) is 17.4 Å². The molecule has 0 radical (unpaired) electrons. The number of anilines is 1. The van der Waals surface area contributed by atoms with E-state index in [4.69, 9.17) is 0 Å². The van der Waals surface area contributed by atoms with Gasteiger partial charge in [0.2, 0.25) is 0 Å². The van der Waals surface area contributed by atoms with Crippen LogP contribution >= 0.6 is 0 Å². The Morgan fingerprint density at radius 1 is 1.18 bits per heavy atom. The Hall–Kier alpha value is -2.12. The molecule has 0 aromatic heterocycles.